The number of benzene rings is 1. The summed E-state index contributed by atoms with van der Waals surface area (Å²) in [6.45, 7) is 9.12. The van der Waals surface area contributed by atoms with Crippen LogP contribution in [0.25, 0.3) is 0 Å². The molecule has 0 heterocycles. The van der Waals surface area contributed by atoms with Crippen molar-refractivity contribution in [2.24, 2.45) is 5.41 Å². The predicted octanol–water partition coefficient (Wildman–Crippen LogP) is 5.83. The zero-order valence-electron chi connectivity index (χ0n) is 12.4. The van der Waals surface area contributed by atoms with E-state index in [4.69, 9.17) is 0 Å². The first-order chi connectivity index (χ1) is 8.58. The molecule has 0 aliphatic carbocycles. The minimum atomic E-state index is 0.437. The molecule has 0 N–H and O–H groups in total. The second-order valence-corrected chi connectivity index (χ2v) is 6.20. The first-order valence-electron chi connectivity index (χ1n) is 7.19. The maximum atomic E-state index is 3.77. The Kier molecular flexibility index (Phi) is 6.42. The molecule has 1 unspecified atom stereocenters. The number of unbranched alkanes of at least 4 members (excludes halogenated alkanes) is 1. The van der Waals surface area contributed by atoms with E-state index in [1.54, 1.807) is 5.56 Å². The van der Waals surface area contributed by atoms with Gasteiger partial charge in [0, 0.05) is 5.33 Å². The van der Waals surface area contributed by atoms with Crippen molar-refractivity contribution in [3.63, 3.8) is 0 Å². The van der Waals surface area contributed by atoms with Gasteiger partial charge in [-0.2, -0.15) is 0 Å². The van der Waals surface area contributed by atoms with Gasteiger partial charge in [-0.05, 0) is 55.2 Å². The topological polar surface area (TPSA) is 0 Å². The van der Waals surface area contributed by atoms with E-state index in [0.29, 0.717) is 5.41 Å². The van der Waals surface area contributed by atoms with E-state index >= 15 is 0 Å². The van der Waals surface area contributed by atoms with Crippen LogP contribution in [-0.4, -0.2) is 5.33 Å². The van der Waals surface area contributed by atoms with E-state index in [-0.39, 0.29) is 0 Å². The van der Waals surface area contributed by atoms with Gasteiger partial charge in [-0.25, -0.2) is 0 Å². The normalized spacial score (nSPS) is 14.5. The summed E-state index contributed by atoms with van der Waals surface area (Å²) in [5.41, 5.74) is 4.90. The van der Waals surface area contributed by atoms with Gasteiger partial charge in [0.2, 0.25) is 0 Å². The van der Waals surface area contributed by atoms with E-state index in [9.17, 15) is 0 Å². The summed E-state index contributed by atoms with van der Waals surface area (Å²) in [5, 5.41) is 1.12. The Labute approximate surface area is 121 Å². The molecule has 1 atom stereocenters. The monoisotopic (exact) mass is 310 g/mol. The number of hydrogen-bond acceptors (Lipinski definition) is 0. The van der Waals surface area contributed by atoms with Gasteiger partial charge in [0.05, 0.1) is 0 Å². The Hall–Kier alpha value is -0.300. The van der Waals surface area contributed by atoms with Crippen LogP contribution >= 0.6 is 15.9 Å². The van der Waals surface area contributed by atoms with E-state index in [2.05, 4.69) is 61.8 Å². The number of hydrogen-bond donors (Lipinski definition) is 0. The van der Waals surface area contributed by atoms with E-state index in [0.717, 1.165) is 5.33 Å². The average molecular weight is 311 g/mol. The molecule has 18 heavy (non-hydrogen) atoms. The molecule has 0 amide bonds. The van der Waals surface area contributed by atoms with Crippen molar-refractivity contribution < 1.29 is 0 Å². The van der Waals surface area contributed by atoms with Crippen LogP contribution in [0.1, 0.15) is 56.2 Å². The molecule has 1 heteroatoms. The zero-order valence-corrected chi connectivity index (χ0v) is 13.9. The second kappa shape index (κ2) is 7.33. The van der Waals surface area contributed by atoms with Crippen LogP contribution in [0.5, 0.6) is 0 Å². The van der Waals surface area contributed by atoms with E-state index in [1.165, 1.54) is 43.2 Å². The Balaban J connectivity index is 2.95. The highest BCUT2D eigenvalue weighted by Crippen LogP contribution is 2.36. The molecule has 0 saturated carbocycles. The Morgan fingerprint density at radius 1 is 1.11 bits per heavy atom. The highest BCUT2D eigenvalue weighted by molar-refractivity contribution is 9.09. The molecule has 0 aliphatic rings. The molecule has 0 fully saturated rings. The highest BCUT2D eigenvalue weighted by atomic mass is 79.9. The molecule has 0 aromatic heterocycles. The number of rotatable bonds is 7. The first-order valence-corrected chi connectivity index (χ1v) is 8.31. The Morgan fingerprint density at radius 2 is 1.72 bits per heavy atom. The van der Waals surface area contributed by atoms with Crippen molar-refractivity contribution in [2.75, 3.05) is 5.33 Å². The van der Waals surface area contributed by atoms with E-state index in [1.807, 2.05) is 0 Å². The standard InChI is InChI=1S/C17H27Br/c1-5-7-11-17(6-2,13-18)12-16-14(3)9-8-10-15(16)4/h8-10H,5-7,11-13H2,1-4H3. The van der Waals surface area contributed by atoms with Gasteiger partial charge >= 0.3 is 0 Å². The van der Waals surface area contributed by atoms with Gasteiger partial charge in [0.15, 0.2) is 0 Å². The molecule has 102 valence electrons. The molecule has 1 aromatic carbocycles. The molecule has 0 nitrogen and oxygen atoms in total. The van der Waals surface area contributed by atoms with Gasteiger partial charge in [0.25, 0.3) is 0 Å². The van der Waals surface area contributed by atoms with Gasteiger partial charge < -0.3 is 0 Å². The number of halogens is 1. The summed E-state index contributed by atoms with van der Waals surface area (Å²) in [5.74, 6) is 0. The molecular weight excluding hydrogens is 284 g/mol. The SMILES string of the molecule is CCCCC(CC)(CBr)Cc1c(C)cccc1C. The minimum absolute atomic E-state index is 0.437. The molecule has 1 aromatic rings. The summed E-state index contributed by atoms with van der Waals surface area (Å²) in [6.07, 6.45) is 6.43. The quantitative estimate of drug-likeness (QED) is 0.556. The zero-order chi connectivity index (χ0) is 13.6. The molecule has 0 saturated heterocycles. The summed E-state index contributed by atoms with van der Waals surface area (Å²) >= 11 is 3.77. The van der Waals surface area contributed by atoms with Crippen molar-refractivity contribution in [1.82, 2.24) is 0 Å². The summed E-state index contributed by atoms with van der Waals surface area (Å²) in [4.78, 5) is 0. The van der Waals surface area contributed by atoms with Crippen LogP contribution in [0.15, 0.2) is 18.2 Å². The molecule has 0 radical (unpaired) electrons. The van der Waals surface area contributed by atoms with Crippen LogP contribution < -0.4 is 0 Å². The highest BCUT2D eigenvalue weighted by Gasteiger charge is 2.27. The lowest BCUT2D eigenvalue weighted by Gasteiger charge is -2.32. The van der Waals surface area contributed by atoms with Crippen molar-refractivity contribution >= 4 is 15.9 Å². The van der Waals surface area contributed by atoms with Crippen molar-refractivity contribution in [3.05, 3.63) is 34.9 Å². The van der Waals surface area contributed by atoms with E-state index < -0.39 is 0 Å². The van der Waals surface area contributed by atoms with Crippen LogP contribution in [-0.2, 0) is 6.42 Å². The molecule has 1 rings (SSSR count). The summed E-state index contributed by atoms with van der Waals surface area (Å²) < 4.78 is 0. The lowest BCUT2D eigenvalue weighted by Crippen LogP contribution is -2.25. The smallest absolute Gasteiger partial charge is 0.00910 e. The predicted molar refractivity (Wildman–Crippen MR) is 85.7 cm³/mol. The fraction of sp³-hybridized carbons (Fsp3) is 0.647. The summed E-state index contributed by atoms with van der Waals surface area (Å²) in [6, 6.07) is 6.66. The van der Waals surface area contributed by atoms with Gasteiger partial charge in [0.1, 0.15) is 0 Å². The van der Waals surface area contributed by atoms with Gasteiger partial charge in [-0.3, -0.25) is 0 Å². The van der Waals surface area contributed by atoms with Crippen molar-refractivity contribution in [3.8, 4) is 0 Å². The largest absolute Gasteiger partial charge is 0.0922 e. The van der Waals surface area contributed by atoms with Crippen LogP contribution in [0, 0.1) is 19.3 Å². The second-order valence-electron chi connectivity index (χ2n) is 5.64. The maximum absolute atomic E-state index is 3.77. The van der Waals surface area contributed by atoms with Crippen molar-refractivity contribution in [2.45, 2.75) is 59.8 Å². The molecule has 0 bridgehead atoms. The minimum Gasteiger partial charge on any atom is -0.0922 e. The molecule has 0 aliphatic heterocycles. The lowest BCUT2D eigenvalue weighted by molar-refractivity contribution is 0.283. The molecule has 0 spiro atoms. The number of aryl methyl sites for hydroxylation is 2. The third-order valence-electron chi connectivity index (χ3n) is 4.29. The molecular formula is C17H27Br. The fourth-order valence-electron chi connectivity index (χ4n) is 2.65. The average Bonchev–Trinajstić information content (AvgIpc) is 2.38. The Bertz CT molecular complexity index is 344. The van der Waals surface area contributed by atoms with Gasteiger partial charge in [-0.1, -0.05) is 60.8 Å². The van der Waals surface area contributed by atoms with Crippen LogP contribution in [0.2, 0.25) is 0 Å². The van der Waals surface area contributed by atoms with Crippen LogP contribution in [0.3, 0.4) is 0 Å². The fourth-order valence-corrected chi connectivity index (χ4v) is 3.53. The Morgan fingerprint density at radius 3 is 2.17 bits per heavy atom. The van der Waals surface area contributed by atoms with Crippen molar-refractivity contribution in [1.29, 1.82) is 0 Å². The first kappa shape index (κ1) is 15.8. The van der Waals surface area contributed by atoms with Gasteiger partial charge in [-0.15, -0.1) is 0 Å². The lowest BCUT2D eigenvalue weighted by atomic mass is 9.75. The number of alkyl halides is 1. The third kappa shape index (κ3) is 3.85. The summed E-state index contributed by atoms with van der Waals surface area (Å²) in [7, 11) is 0. The maximum Gasteiger partial charge on any atom is 0.00910 e. The van der Waals surface area contributed by atoms with Crippen LogP contribution in [0.4, 0.5) is 0 Å². The third-order valence-corrected chi connectivity index (χ3v) is 5.48.